The number of benzene rings is 2. The van der Waals surface area contributed by atoms with Crippen LogP contribution in [-0.4, -0.2) is 53.4 Å². The Morgan fingerprint density at radius 2 is 1.94 bits per heavy atom. The van der Waals surface area contributed by atoms with Gasteiger partial charge in [0.05, 0.1) is 12.7 Å². The zero-order chi connectivity index (χ0) is 21.5. The van der Waals surface area contributed by atoms with Gasteiger partial charge in [-0.1, -0.05) is 48.5 Å². The van der Waals surface area contributed by atoms with Gasteiger partial charge in [-0.25, -0.2) is 4.99 Å². The summed E-state index contributed by atoms with van der Waals surface area (Å²) in [5, 5.41) is 7.76. The number of rotatable bonds is 7. The number of aromatic nitrogens is 2. The standard InChI is InChI=1S/C25H31N5O.HI/c1-3-26-25(30-15-13-21(19-30)22-17-28-29(2)18-22)27-14-16-31-24-12-8-7-11-23(24)20-9-5-4-6-10-20;/h4-12,17-18,21H,3,13-16,19H2,1-2H3,(H,26,27);1H. The Bertz CT molecular complexity index is 1000. The smallest absolute Gasteiger partial charge is 0.194 e. The minimum Gasteiger partial charge on any atom is -0.491 e. The molecule has 0 aliphatic carbocycles. The first-order chi connectivity index (χ1) is 15.2. The quantitative estimate of drug-likeness (QED) is 0.205. The first-order valence-corrected chi connectivity index (χ1v) is 11.0. The molecule has 6 nitrogen and oxygen atoms in total. The van der Waals surface area contributed by atoms with Crippen LogP contribution in [0.4, 0.5) is 0 Å². The van der Waals surface area contributed by atoms with E-state index >= 15 is 0 Å². The van der Waals surface area contributed by atoms with Crippen molar-refractivity contribution < 1.29 is 4.74 Å². The zero-order valence-corrected chi connectivity index (χ0v) is 21.1. The van der Waals surface area contributed by atoms with E-state index in [1.807, 2.05) is 54.3 Å². The van der Waals surface area contributed by atoms with Gasteiger partial charge in [-0.15, -0.1) is 24.0 Å². The molecule has 1 atom stereocenters. The molecule has 1 fully saturated rings. The number of nitrogens with zero attached hydrogens (tertiary/aromatic N) is 4. The van der Waals surface area contributed by atoms with Crippen LogP contribution >= 0.6 is 24.0 Å². The van der Waals surface area contributed by atoms with Crippen LogP contribution in [0.3, 0.4) is 0 Å². The maximum atomic E-state index is 6.11. The molecule has 2 aromatic carbocycles. The van der Waals surface area contributed by atoms with E-state index in [1.54, 1.807) is 0 Å². The van der Waals surface area contributed by atoms with Crippen LogP contribution in [0.15, 0.2) is 72.0 Å². The van der Waals surface area contributed by atoms with Crippen molar-refractivity contribution in [3.05, 3.63) is 72.6 Å². The van der Waals surface area contributed by atoms with Crippen molar-refractivity contribution in [3.8, 4) is 16.9 Å². The van der Waals surface area contributed by atoms with Gasteiger partial charge in [0, 0.05) is 44.4 Å². The molecule has 0 amide bonds. The van der Waals surface area contributed by atoms with E-state index in [9.17, 15) is 0 Å². The zero-order valence-electron chi connectivity index (χ0n) is 18.8. The predicted octanol–water partition coefficient (Wildman–Crippen LogP) is 4.54. The van der Waals surface area contributed by atoms with E-state index in [4.69, 9.17) is 9.73 Å². The van der Waals surface area contributed by atoms with Gasteiger partial charge in [0.2, 0.25) is 0 Å². The summed E-state index contributed by atoms with van der Waals surface area (Å²) in [6.45, 7) is 6.08. The molecule has 0 spiro atoms. The molecule has 170 valence electrons. The molecule has 2 heterocycles. The van der Waals surface area contributed by atoms with Gasteiger partial charge >= 0.3 is 0 Å². The Kier molecular flexibility index (Phi) is 8.96. The van der Waals surface area contributed by atoms with Gasteiger partial charge in [0.15, 0.2) is 5.96 Å². The van der Waals surface area contributed by atoms with Gasteiger partial charge in [-0.2, -0.15) is 5.10 Å². The van der Waals surface area contributed by atoms with Gasteiger partial charge in [-0.3, -0.25) is 4.68 Å². The number of hydrogen-bond donors (Lipinski definition) is 1. The first kappa shape index (κ1) is 24.1. The number of hydrogen-bond acceptors (Lipinski definition) is 3. The second-order valence-electron chi connectivity index (χ2n) is 7.83. The van der Waals surface area contributed by atoms with Gasteiger partial charge in [-0.05, 0) is 30.5 Å². The van der Waals surface area contributed by atoms with E-state index in [2.05, 4.69) is 46.6 Å². The summed E-state index contributed by atoms with van der Waals surface area (Å²) in [4.78, 5) is 7.18. The maximum absolute atomic E-state index is 6.11. The molecule has 7 heteroatoms. The summed E-state index contributed by atoms with van der Waals surface area (Å²) in [5.74, 6) is 2.37. The topological polar surface area (TPSA) is 54.7 Å². The van der Waals surface area contributed by atoms with E-state index in [0.717, 1.165) is 48.9 Å². The number of nitrogens with one attached hydrogen (secondary N) is 1. The van der Waals surface area contributed by atoms with Crippen molar-refractivity contribution in [3.63, 3.8) is 0 Å². The number of ether oxygens (including phenoxy) is 1. The second kappa shape index (κ2) is 11.9. The fraction of sp³-hybridized carbons (Fsp3) is 0.360. The second-order valence-corrected chi connectivity index (χ2v) is 7.83. The Morgan fingerprint density at radius 3 is 2.69 bits per heavy atom. The number of aliphatic imine (C=N–C) groups is 1. The molecule has 0 saturated carbocycles. The Hall–Kier alpha value is -2.55. The number of guanidine groups is 1. The fourth-order valence-corrected chi connectivity index (χ4v) is 4.06. The monoisotopic (exact) mass is 545 g/mol. The van der Waals surface area contributed by atoms with Crippen molar-refractivity contribution in [2.75, 3.05) is 32.8 Å². The van der Waals surface area contributed by atoms with Crippen LogP contribution in [0.25, 0.3) is 11.1 Å². The van der Waals surface area contributed by atoms with Crippen molar-refractivity contribution in [2.45, 2.75) is 19.3 Å². The van der Waals surface area contributed by atoms with Crippen molar-refractivity contribution in [1.82, 2.24) is 20.0 Å². The summed E-state index contributed by atoms with van der Waals surface area (Å²) in [6.07, 6.45) is 5.23. The highest BCUT2D eigenvalue weighted by atomic mass is 127. The summed E-state index contributed by atoms with van der Waals surface area (Å²) in [5.41, 5.74) is 3.58. The molecular weight excluding hydrogens is 513 g/mol. The molecule has 1 saturated heterocycles. The number of para-hydroxylation sites is 1. The lowest BCUT2D eigenvalue weighted by atomic mass is 10.0. The van der Waals surface area contributed by atoms with Crippen LogP contribution in [0.2, 0.25) is 0 Å². The fourth-order valence-electron chi connectivity index (χ4n) is 4.06. The molecule has 32 heavy (non-hydrogen) atoms. The molecule has 0 radical (unpaired) electrons. The summed E-state index contributed by atoms with van der Waals surface area (Å²) in [7, 11) is 1.97. The number of aryl methyl sites for hydroxylation is 1. The maximum Gasteiger partial charge on any atom is 0.194 e. The normalized spacial score (nSPS) is 16.0. The van der Waals surface area contributed by atoms with E-state index in [0.29, 0.717) is 19.1 Å². The van der Waals surface area contributed by atoms with Crippen molar-refractivity contribution >= 4 is 29.9 Å². The van der Waals surface area contributed by atoms with E-state index in [1.165, 1.54) is 5.56 Å². The van der Waals surface area contributed by atoms with Crippen LogP contribution in [0.5, 0.6) is 5.75 Å². The predicted molar refractivity (Wildman–Crippen MR) is 141 cm³/mol. The summed E-state index contributed by atoms with van der Waals surface area (Å²) < 4.78 is 7.99. The molecule has 4 rings (SSSR count). The average molecular weight is 545 g/mol. The van der Waals surface area contributed by atoms with E-state index < -0.39 is 0 Å². The molecule has 1 aliphatic heterocycles. The molecule has 1 aliphatic rings. The molecule has 1 unspecified atom stereocenters. The highest BCUT2D eigenvalue weighted by Gasteiger charge is 2.26. The summed E-state index contributed by atoms with van der Waals surface area (Å²) in [6, 6.07) is 18.5. The lowest BCUT2D eigenvalue weighted by Gasteiger charge is -2.21. The van der Waals surface area contributed by atoms with Gasteiger partial charge in [0.25, 0.3) is 0 Å². The number of halogens is 1. The summed E-state index contributed by atoms with van der Waals surface area (Å²) >= 11 is 0. The molecular formula is C25H32IN5O. The Labute approximate surface area is 207 Å². The third kappa shape index (κ3) is 6.03. The molecule has 0 bridgehead atoms. The first-order valence-electron chi connectivity index (χ1n) is 11.0. The van der Waals surface area contributed by atoms with Crippen molar-refractivity contribution in [2.24, 2.45) is 12.0 Å². The lowest BCUT2D eigenvalue weighted by Crippen LogP contribution is -2.40. The van der Waals surface area contributed by atoms with Crippen molar-refractivity contribution in [1.29, 1.82) is 0 Å². The minimum atomic E-state index is 0. The number of likely N-dealkylation sites (tertiary alicyclic amines) is 1. The van der Waals surface area contributed by atoms with Gasteiger partial charge < -0.3 is 15.0 Å². The van der Waals surface area contributed by atoms with Crippen LogP contribution in [-0.2, 0) is 7.05 Å². The molecule has 1 aromatic heterocycles. The highest BCUT2D eigenvalue weighted by molar-refractivity contribution is 14.0. The largest absolute Gasteiger partial charge is 0.491 e. The third-order valence-electron chi connectivity index (χ3n) is 5.60. The Balaban J connectivity index is 0.00000289. The van der Waals surface area contributed by atoms with E-state index in [-0.39, 0.29) is 24.0 Å². The average Bonchev–Trinajstić information content (AvgIpc) is 3.46. The molecule has 1 N–H and O–H groups in total. The van der Waals surface area contributed by atoms with Crippen LogP contribution < -0.4 is 10.1 Å². The molecule has 3 aromatic rings. The van der Waals surface area contributed by atoms with Crippen LogP contribution in [0, 0.1) is 0 Å². The van der Waals surface area contributed by atoms with Gasteiger partial charge in [0.1, 0.15) is 12.4 Å². The van der Waals surface area contributed by atoms with Crippen LogP contribution in [0.1, 0.15) is 24.8 Å². The highest BCUT2D eigenvalue weighted by Crippen LogP contribution is 2.29. The SMILES string of the molecule is CCNC(=NCCOc1ccccc1-c1ccccc1)N1CCC(c2cnn(C)c2)C1.I. The lowest BCUT2D eigenvalue weighted by molar-refractivity contribution is 0.328. The minimum absolute atomic E-state index is 0. The Morgan fingerprint density at radius 1 is 1.16 bits per heavy atom. The third-order valence-corrected chi connectivity index (χ3v) is 5.60.